The Labute approximate surface area is 177 Å². The molecule has 0 saturated heterocycles. The molecule has 0 aliphatic heterocycles. The molecule has 0 radical (unpaired) electrons. The molecular weight excluding hydrogens is 382 g/mol. The summed E-state index contributed by atoms with van der Waals surface area (Å²) in [5.74, 6) is 1.72. The van der Waals surface area contributed by atoms with Gasteiger partial charge in [-0.05, 0) is 63.5 Å². The lowest BCUT2D eigenvalue weighted by Crippen LogP contribution is -2.31. The molecule has 0 bridgehead atoms. The molecule has 0 N–H and O–H groups in total. The van der Waals surface area contributed by atoms with Gasteiger partial charge in [-0.15, -0.1) is 11.3 Å². The Bertz CT molecular complexity index is 1030. The van der Waals surface area contributed by atoms with E-state index in [2.05, 4.69) is 38.7 Å². The molecule has 6 heteroatoms. The van der Waals surface area contributed by atoms with Gasteiger partial charge >= 0.3 is 0 Å². The molecule has 3 rings (SSSR count). The number of nitrogens with zero attached hydrogens (tertiary/aromatic N) is 3. The number of thiophene rings is 1. The zero-order valence-electron chi connectivity index (χ0n) is 18.1. The van der Waals surface area contributed by atoms with Crippen molar-refractivity contribution in [2.75, 3.05) is 19.7 Å². The molecule has 2 heterocycles. The standard InChI is InChI=1S/C23H31N3O2S/c1-6-25(7-2)15-20-24-22-21(17(4)18(5)29-22)23(27)26(20)12-9-13-28-19-11-8-10-16(3)14-19/h8,10-11,14H,6-7,9,12-13,15H2,1-5H3. The van der Waals surface area contributed by atoms with Gasteiger partial charge in [-0.2, -0.15) is 0 Å². The number of benzene rings is 1. The van der Waals surface area contributed by atoms with Crippen LogP contribution in [0, 0.1) is 20.8 Å². The number of hydrogen-bond donors (Lipinski definition) is 0. The van der Waals surface area contributed by atoms with Crippen LogP contribution in [0.25, 0.3) is 10.2 Å². The summed E-state index contributed by atoms with van der Waals surface area (Å²) in [5.41, 5.74) is 2.31. The van der Waals surface area contributed by atoms with Crippen molar-refractivity contribution in [3.05, 3.63) is 56.4 Å². The van der Waals surface area contributed by atoms with Gasteiger partial charge in [0.25, 0.3) is 5.56 Å². The number of aryl methyl sites for hydroxylation is 3. The second-order valence-corrected chi connectivity index (χ2v) is 8.63. The van der Waals surface area contributed by atoms with E-state index in [1.165, 1.54) is 10.4 Å². The van der Waals surface area contributed by atoms with E-state index in [-0.39, 0.29) is 5.56 Å². The van der Waals surface area contributed by atoms with Gasteiger partial charge in [0.2, 0.25) is 0 Å². The third kappa shape index (κ3) is 4.87. The Morgan fingerprint density at radius 1 is 1.17 bits per heavy atom. The SMILES string of the molecule is CCN(CC)Cc1nc2sc(C)c(C)c2c(=O)n1CCCOc1cccc(C)c1. The van der Waals surface area contributed by atoms with E-state index in [0.717, 1.165) is 46.9 Å². The lowest BCUT2D eigenvalue weighted by atomic mass is 10.2. The van der Waals surface area contributed by atoms with E-state index in [1.807, 2.05) is 29.7 Å². The Kier molecular flexibility index (Phi) is 7.09. The number of aromatic nitrogens is 2. The average molecular weight is 414 g/mol. The fourth-order valence-corrected chi connectivity index (χ4v) is 4.52. The first-order valence-corrected chi connectivity index (χ1v) is 11.2. The Balaban J connectivity index is 1.84. The van der Waals surface area contributed by atoms with Gasteiger partial charge in [-0.3, -0.25) is 14.3 Å². The second-order valence-electron chi connectivity index (χ2n) is 7.43. The van der Waals surface area contributed by atoms with Crippen molar-refractivity contribution in [2.24, 2.45) is 0 Å². The van der Waals surface area contributed by atoms with Gasteiger partial charge in [-0.25, -0.2) is 4.98 Å². The van der Waals surface area contributed by atoms with Crippen LogP contribution in [0.5, 0.6) is 5.75 Å². The Morgan fingerprint density at radius 2 is 1.93 bits per heavy atom. The maximum atomic E-state index is 13.3. The molecular formula is C23H31N3O2S. The normalized spacial score (nSPS) is 11.5. The van der Waals surface area contributed by atoms with Crippen LogP contribution < -0.4 is 10.3 Å². The molecule has 5 nitrogen and oxygen atoms in total. The highest BCUT2D eigenvalue weighted by Crippen LogP contribution is 2.26. The maximum Gasteiger partial charge on any atom is 0.262 e. The minimum atomic E-state index is 0.0783. The van der Waals surface area contributed by atoms with E-state index < -0.39 is 0 Å². The molecule has 1 aromatic carbocycles. The molecule has 156 valence electrons. The summed E-state index contributed by atoms with van der Waals surface area (Å²) in [7, 11) is 0. The van der Waals surface area contributed by atoms with Gasteiger partial charge in [0, 0.05) is 11.4 Å². The first kappa shape index (κ1) is 21.5. The van der Waals surface area contributed by atoms with Crippen molar-refractivity contribution in [1.82, 2.24) is 14.5 Å². The molecule has 0 aliphatic rings. The lowest BCUT2D eigenvalue weighted by Gasteiger charge is -2.20. The summed E-state index contributed by atoms with van der Waals surface area (Å²) in [6.07, 6.45) is 0.758. The van der Waals surface area contributed by atoms with E-state index in [4.69, 9.17) is 9.72 Å². The molecule has 0 amide bonds. The summed E-state index contributed by atoms with van der Waals surface area (Å²) in [4.78, 5) is 22.5. The van der Waals surface area contributed by atoms with Gasteiger partial charge < -0.3 is 4.74 Å². The van der Waals surface area contributed by atoms with E-state index in [1.54, 1.807) is 11.3 Å². The third-order valence-electron chi connectivity index (χ3n) is 5.41. The number of ether oxygens (including phenoxy) is 1. The molecule has 0 spiro atoms. The zero-order valence-corrected chi connectivity index (χ0v) is 18.9. The monoisotopic (exact) mass is 413 g/mol. The average Bonchev–Trinajstić information content (AvgIpc) is 2.98. The molecule has 0 fully saturated rings. The van der Waals surface area contributed by atoms with Crippen LogP contribution in [0.15, 0.2) is 29.1 Å². The van der Waals surface area contributed by atoms with Gasteiger partial charge in [0.05, 0.1) is 18.5 Å². The first-order chi connectivity index (χ1) is 13.9. The van der Waals surface area contributed by atoms with Crippen LogP contribution in [-0.4, -0.2) is 34.1 Å². The molecule has 0 atom stereocenters. The van der Waals surface area contributed by atoms with E-state index >= 15 is 0 Å². The molecule has 0 saturated carbocycles. The minimum Gasteiger partial charge on any atom is -0.494 e. The van der Waals surface area contributed by atoms with Crippen LogP contribution in [-0.2, 0) is 13.1 Å². The quantitative estimate of drug-likeness (QED) is 0.477. The van der Waals surface area contributed by atoms with Crippen molar-refractivity contribution in [2.45, 2.75) is 54.1 Å². The van der Waals surface area contributed by atoms with Crippen molar-refractivity contribution >= 4 is 21.6 Å². The highest BCUT2D eigenvalue weighted by molar-refractivity contribution is 7.18. The Hall–Kier alpha value is -2.18. The third-order valence-corrected chi connectivity index (χ3v) is 6.51. The topological polar surface area (TPSA) is 47.4 Å². The van der Waals surface area contributed by atoms with Gasteiger partial charge in [0.1, 0.15) is 16.4 Å². The summed E-state index contributed by atoms with van der Waals surface area (Å²) in [6, 6.07) is 8.05. The highest BCUT2D eigenvalue weighted by atomic mass is 32.1. The zero-order chi connectivity index (χ0) is 21.0. The van der Waals surface area contributed by atoms with Crippen LogP contribution >= 0.6 is 11.3 Å². The van der Waals surface area contributed by atoms with Crippen LogP contribution in [0.2, 0.25) is 0 Å². The van der Waals surface area contributed by atoms with Crippen LogP contribution in [0.4, 0.5) is 0 Å². The number of fused-ring (bicyclic) bond motifs is 1. The van der Waals surface area contributed by atoms with Gasteiger partial charge in [-0.1, -0.05) is 26.0 Å². The molecule has 0 aliphatic carbocycles. The minimum absolute atomic E-state index is 0.0783. The summed E-state index contributed by atoms with van der Waals surface area (Å²) in [5, 5.41) is 0.774. The highest BCUT2D eigenvalue weighted by Gasteiger charge is 2.17. The molecule has 3 aromatic rings. The van der Waals surface area contributed by atoms with Crippen molar-refractivity contribution in [3.63, 3.8) is 0 Å². The number of hydrogen-bond acceptors (Lipinski definition) is 5. The largest absolute Gasteiger partial charge is 0.494 e. The molecule has 0 unspecified atom stereocenters. The van der Waals surface area contributed by atoms with Crippen LogP contribution in [0.1, 0.15) is 42.1 Å². The second kappa shape index (κ2) is 9.55. The van der Waals surface area contributed by atoms with Gasteiger partial charge in [0.15, 0.2) is 0 Å². The fraction of sp³-hybridized carbons (Fsp3) is 0.478. The van der Waals surface area contributed by atoms with E-state index in [9.17, 15) is 4.79 Å². The maximum absolute atomic E-state index is 13.3. The fourth-order valence-electron chi connectivity index (χ4n) is 3.49. The van der Waals surface area contributed by atoms with Crippen LogP contribution in [0.3, 0.4) is 0 Å². The summed E-state index contributed by atoms with van der Waals surface area (Å²) < 4.78 is 7.74. The van der Waals surface area contributed by atoms with Crippen molar-refractivity contribution in [1.29, 1.82) is 0 Å². The van der Waals surface area contributed by atoms with Crippen molar-refractivity contribution < 1.29 is 4.74 Å². The first-order valence-electron chi connectivity index (χ1n) is 10.4. The number of rotatable bonds is 9. The lowest BCUT2D eigenvalue weighted by molar-refractivity contribution is 0.274. The smallest absolute Gasteiger partial charge is 0.262 e. The predicted octanol–water partition coefficient (Wildman–Crippen LogP) is 4.69. The van der Waals surface area contributed by atoms with E-state index in [0.29, 0.717) is 19.7 Å². The molecule has 2 aromatic heterocycles. The summed E-state index contributed by atoms with van der Waals surface area (Å²) >= 11 is 1.62. The molecule has 29 heavy (non-hydrogen) atoms. The van der Waals surface area contributed by atoms with Crippen molar-refractivity contribution in [3.8, 4) is 5.75 Å². The Morgan fingerprint density at radius 3 is 2.62 bits per heavy atom. The summed E-state index contributed by atoms with van der Waals surface area (Å²) in [6.45, 7) is 14.1. The predicted molar refractivity (Wildman–Crippen MR) is 121 cm³/mol.